The van der Waals surface area contributed by atoms with Gasteiger partial charge in [-0.15, -0.1) is 0 Å². The fraction of sp³-hybridized carbons (Fsp3) is 0.222. The maximum Gasteiger partial charge on any atom is 0.294 e. The van der Waals surface area contributed by atoms with Crippen molar-refractivity contribution in [2.24, 2.45) is 0 Å². The quantitative estimate of drug-likeness (QED) is 0.487. The van der Waals surface area contributed by atoms with Gasteiger partial charge in [0.2, 0.25) is 11.8 Å². The summed E-state index contributed by atoms with van der Waals surface area (Å²) >= 11 is 5.94. The van der Waals surface area contributed by atoms with Crippen LogP contribution in [0.1, 0.15) is 24.8 Å². The van der Waals surface area contributed by atoms with E-state index in [9.17, 15) is 19.7 Å². The summed E-state index contributed by atoms with van der Waals surface area (Å²) in [6.07, 6.45) is 1.03. The van der Waals surface area contributed by atoms with E-state index in [0.717, 1.165) is 10.5 Å². The molecule has 0 atom stereocenters. The highest BCUT2D eigenvalue weighted by Gasteiger charge is 2.29. The fourth-order valence-corrected chi connectivity index (χ4v) is 3.06. The van der Waals surface area contributed by atoms with Crippen LogP contribution in [-0.2, 0) is 16.1 Å². The second-order valence-electron chi connectivity index (χ2n) is 5.92. The zero-order valence-electron chi connectivity index (χ0n) is 13.8. The van der Waals surface area contributed by atoms with Crippen molar-refractivity contribution in [3.63, 3.8) is 0 Å². The molecule has 1 heterocycles. The van der Waals surface area contributed by atoms with Crippen LogP contribution in [0.25, 0.3) is 0 Å². The Bertz CT molecular complexity index is 868. The number of piperidine rings is 1. The molecular formula is C18H16ClN3O4. The van der Waals surface area contributed by atoms with Crippen LogP contribution in [0.3, 0.4) is 0 Å². The molecule has 1 N–H and O–H groups in total. The number of nitro benzene ring substituents is 1. The highest BCUT2D eigenvalue weighted by Crippen LogP contribution is 2.32. The van der Waals surface area contributed by atoms with Gasteiger partial charge in [-0.3, -0.25) is 24.6 Å². The molecule has 8 heteroatoms. The molecule has 26 heavy (non-hydrogen) atoms. The Morgan fingerprint density at radius 3 is 2.50 bits per heavy atom. The number of carbonyl (C=O) groups is 2. The summed E-state index contributed by atoms with van der Waals surface area (Å²) < 4.78 is 0. The molecule has 134 valence electrons. The molecule has 3 rings (SSSR count). The Kier molecular flexibility index (Phi) is 5.18. The Balaban J connectivity index is 1.86. The summed E-state index contributed by atoms with van der Waals surface area (Å²) in [6.45, 7) is 0.350. The van der Waals surface area contributed by atoms with Gasteiger partial charge in [-0.2, -0.15) is 0 Å². The minimum absolute atomic E-state index is 0.198. The molecule has 1 fully saturated rings. The number of benzene rings is 2. The van der Waals surface area contributed by atoms with Crippen molar-refractivity contribution >= 4 is 40.5 Å². The number of anilines is 2. The van der Waals surface area contributed by atoms with Crippen LogP contribution < -0.4 is 10.2 Å². The lowest BCUT2D eigenvalue weighted by atomic mass is 10.1. The molecule has 2 amide bonds. The summed E-state index contributed by atoms with van der Waals surface area (Å²) in [5.41, 5.74) is 1.20. The summed E-state index contributed by atoms with van der Waals surface area (Å²) in [4.78, 5) is 36.0. The normalized spacial score (nSPS) is 14.4. The number of hydrogen-bond donors (Lipinski definition) is 1. The van der Waals surface area contributed by atoms with Crippen molar-refractivity contribution in [1.82, 2.24) is 0 Å². The zero-order chi connectivity index (χ0) is 18.7. The molecule has 1 saturated heterocycles. The van der Waals surface area contributed by atoms with Crippen LogP contribution in [0.5, 0.6) is 0 Å². The number of nitro groups is 1. The van der Waals surface area contributed by atoms with E-state index in [2.05, 4.69) is 5.32 Å². The van der Waals surface area contributed by atoms with Crippen LogP contribution in [-0.4, -0.2) is 16.7 Å². The summed E-state index contributed by atoms with van der Waals surface area (Å²) in [5.74, 6) is -0.676. The molecule has 2 aromatic rings. The van der Waals surface area contributed by atoms with Crippen LogP contribution in [0.15, 0.2) is 42.5 Å². The lowest BCUT2D eigenvalue weighted by Crippen LogP contribution is -2.40. The Morgan fingerprint density at radius 1 is 1.12 bits per heavy atom. The molecule has 0 aliphatic carbocycles. The van der Waals surface area contributed by atoms with Gasteiger partial charge >= 0.3 is 0 Å². The minimum atomic E-state index is -0.539. The maximum atomic E-state index is 12.0. The number of carbonyl (C=O) groups excluding carboxylic acids is 2. The van der Waals surface area contributed by atoms with E-state index in [1.165, 1.54) is 18.2 Å². The third kappa shape index (κ3) is 3.83. The van der Waals surface area contributed by atoms with Gasteiger partial charge in [-0.25, -0.2) is 0 Å². The van der Waals surface area contributed by atoms with Crippen molar-refractivity contribution in [3.05, 3.63) is 63.2 Å². The lowest BCUT2D eigenvalue weighted by Gasteiger charge is -2.25. The monoisotopic (exact) mass is 373 g/mol. The van der Waals surface area contributed by atoms with Gasteiger partial charge in [0.1, 0.15) is 5.69 Å². The van der Waals surface area contributed by atoms with Gasteiger partial charge < -0.3 is 5.32 Å². The highest BCUT2D eigenvalue weighted by atomic mass is 35.5. The molecule has 1 aliphatic rings. The van der Waals surface area contributed by atoms with Crippen LogP contribution in [0.4, 0.5) is 17.1 Å². The Labute approximate surface area is 154 Å². The molecule has 0 aromatic heterocycles. The molecule has 1 aliphatic heterocycles. The first-order valence-corrected chi connectivity index (χ1v) is 8.46. The number of imide groups is 1. The fourth-order valence-electron chi connectivity index (χ4n) is 2.85. The molecule has 0 radical (unpaired) electrons. The lowest BCUT2D eigenvalue weighted by molar-refractivity contribution is -0.383. The van der Waals surface area contributed by atoms with E-state index in [4.69, 9.17) is 11.6 Å². The average Bonchev–Trinajstić information content (AvgIpc) is 2.60. The molecular weight excluding hydrogens is 358 g/mol. The molecule has 0 saturated carbocycles. The number of nitrogens with zero attached hydrogens (tertiary/aromatic N) is 2. The van der Waals surface area contributed by atoms with Crippen molar-refractivity contribution in [2.75, 3.05) is 10.2 Å². The predicted molar refractivity (Wildman–Crippen MR) is 98.2 cm³/mol. The Hall–Kier alpha value is -2.93. The SMILES string of the molecule is O=C1CCCC(=O)N1c1ccc(NCc2cccc(Cl)c2)c([N+](=O)[O-])c1. The van der Waals surface area contributed by atoms with E-state index in [1.54, 1.807) is 18.2 Å². The number of amides is 2. The first-order chi connectivity index (χ1) is 12.5. The number of hydrogen-bond acceptors (Lipinski definition) is 5. The van der Waals surface area contributed by atoms with Crippen LogP contribution in [0.2, 0.25) is 5.02 Å². The first-order valence-electron chi connectivity index (χ1n) is 8.08. The van der Waals surface area contributed by atoms with E-state index < -0.39 is 4.92 Å². The highest BCUT2D eigenvalue weighted by molar-refractivity contribution is 6.30. The number of rotatable bonds is 5. The van der Waals surface area contributed by atoms with Gasteiger partial charge in [-0.1, -0.05) is 23.7 Å². The molecule has 2 aromatic carbocycles. The van der Waals surface area contributed by atoms with Crippen molar-refractivity contribution < 1.29 is 14.5 Å². The topological polar surface area (TPSA) is 92.6 Å². The number of nitrogens with one attached hydrogen (secondary N) is 1. The van der Waals surface area contributed by atoms with E-state index in [-0.39, 0.29) is 36.0 Å². The van der Waals surface area contributed by atoms with E-state index >= 15 is 0 Å². The van der Waals surface area contributed by atoms with Gasteiger partial charge in [0.15, 0.2) is 0 Å². The Morgan fingerprint density at radius 2 is 1.85 bits per heavy atom. The molecule has 0 spiro atoms. The zero-order valence-corrected chi connectivity index (χ0v) is 14.5. The average molecular weight is 374 g/mol. The van der Waals surface area contributed by atoms with Gasteiger partial charge in [0.05, 0.1) is 10.6 Å². The number of halogens is 1. The van der Waals surface area contributed by atoms with Gasteiger partial charge in [-0.05, 0) is 36.2 Å². The van der Waals surface area contributed by atoms with Crippen LogP contribution in [0, 0.1) is 10.1 Å². The van der Waals surface area contributed by atoms with Gasteiger partial charge in [0.25, 0.3) is 5.69 Å². The second-order valence-corrected chi connectivity index (χ2v) is 6.35. The van der Waals surface area contributed by atoms with Crippen molar-refractivity contribution in [1.29, 1.82) is 0 Å². The van der Waals surface area contributed by atoms with E-state index in [0.29, 0.717) is 23.7 Å². The first kappa shape index (κ1) is 17.9. The minimum Gasteiger partial charge on any atom is -0.375 e. The third-order valence-electron chi connectivity index (χ3n) is 4.09. The van der Waals surface area contributed by atoms with Crippen LogP contribution >= 0.6 is 11.6 Å². The maximum absolute atomic E-state index is 12.0. The summed E-state index contributed by atoms with van der Waals surface area (Å²) in [5, 5.41) is 15.0. The largest absolute Gasteiger partial charge is 0.375 e. The summed E-state index contributed by atoms with van der Waals surface area (Å²) in [6, 6.07) is 11.5. The second kappa shape index (κ2) is 7.53. The van der Waals surface area contributed by atoms with Gasteiger partial charge in [0, 0.05) is 30.5 Å². The molecule has 0 bridgehead atoms. The predicted octanol–water partition coefficient (Wildman–Crippen LogP) is 3.90. The molecule has 7 nitrogen and oxygen atoms in total. The third-order valence-corrected chi connectivity index (χ3v) is 4.32. The van der Waals surface area contributed by atoms with E-state index in [1.807, 2.05) is 6.07 Å². The smallest absolute Gasteiger partial charge is 0.294 e. The summed E-state index contributed by atoms with van der Waals surface area (Å²) in [7, 11) is 0. The molecule has 0 unspecified atom stereocenters. The van der Waals surface area contributed by atoms with Crippen molar-refractivity contribution in [2.45, 2.75) is 25.8 Å². The standard InChI is InChI=1S/C18H16ClN3O4/c19-13-4-1-3-12(9-13)11-20-15-8-7-14(10-16(15)22(25)26)21-17(23)5-2-6-18(21)24/h1,3-4,7-10,20H,2,5-6,11H2. The van der Waals surface area contributed by atoms with Crippen molar-refractivity contribution in [3.8, 4) is 0 Å².